The lowest BCUT2D eigenvalue weighted by atomic mass is 10.1. The Bertz CT molecular complexity index is 390. The number of carbonyl (C=O) groups is 1. The van der Waals surface area contributed by atoms with Gasteiger partial charge in [-0.15, -0.1) is 6.42 Å². The summed E-state index contributed by atoms with van der Waals surface area (Å²) >= 11 is 0. The van der Waals surface area contributed by atoms with Crippen molar-refractivity contribution in [1.29, 1.82) is 0 Å². The third-order valence-corrected chi connectivity index (χ3v) is 2.26. The van der Waals surface area contributed by atoms with Crippen molar-refractivity contribution in [2.24, 2.45) is 0 Å². The van der Waals surface area contributed by atoms with Crippen LogP contribution in [0.4, 0.5) is 0 Å². The number of aryl methyl sites for hydroxylation is 1. The van der Waals surface area contributed by atoms with Crippen LogP contribution in [-0.2, 0) is 11.2 Å². The molecule has 0 heterocycles. The molecule has 0 aliphatic rings. The van der Waals surface area contributed by atoms with Crippen molar-refractivity contribution < 1.29 is 9.53 Å². The number of rotatable bonds is 6. The van der Waals surface area contributed by atoms with E-state index in [2.05, 4.69) is 11.2 Å². The lowest BCUT2D eigenvalue weighted by molar-refractivity contribution is -0.120. The Hall–Kier alpha value is -1.95. The van der Waals surface area contributed by atoms with Gasteiger partial charge in [0.2, 0.25) is 5.91 Å². The minimum Gasteiger partial charge on any atom is -0.494 e. The number of nitrogens with one attached hydrogen (secondary N) is 1. The van der Waals surface area contributed by atoms with Crippen LogP contribution in [0.3, 0.4) is 0 Å². The fourth-order valence-electron chi connectivity index (χ4n) is 1.41. The Labute approximate surface area is 102 Å². The maximum atomic E-state index is 11.3. The third kappa shape index (κ3) is 5.07. The van der Waals surface area contributed by atoms with E-state index in [1.807, 2.05) is 31.2 Å². The van der Waals surface area contributed by atoms with E-state index in [0.29, 0.717) is 26.0 Å². The highest BCUT2D eigenvalue weighted by atomic mass is 16.5. The normalized spacial score (nSPS) is 9.41. The second-order valence-electron chi connectivity index (χ2n) is 3.56. The largest absolute Gasteiger partial charge is 0.494 e. The molecule has 1 amide bonds. The molecule has 3 heteroatoms. The van der Waals surface area contributed by atoms with E-state index >= 15 is 0 Å². The maximum absolute atomic E-state index is 11.3. The Morgan fingerprint density at radius 2 is 2.12 bits per heavy atom. The van der Waals surface area contributed by atoms with Gasteiger partial charge in [0.15, 0.2) is 0 Å². The van der Waals surface area contributed by atoms with Gasteiger partial charge in [0.05, 0.1) is 13.2 Å². The maximum Gasteiger partial charge on any atom is 0.221 e. The second kappa shape index (κ2) is 7.34. The van der Waals surface area contributed by atoms with Gasteiger partial charge >= 0.3 is 0 Å². The van der Waals surface area contributed by atoms with Gasteiger partial charge in [-0.25, -0.2) is 0 Å². The first-order valence-corrected chi connectivity index (χ1v) is 5.68. The van der Waals surface area contributed by atoms with Crippen LogP contribution in [0.2, 0.25) is 0 Å². The summed E-state index contributed by atoms with van der Waals surface area (Å²) in [4.78, 5) is 11.3. The van der Waals surface area contributed by atoms with Crippen LogP contribution in [-0.4, -0.2) is 19.1 Å². The van der Waals surface area contributed by atoms with E-state index in [1.54, 1.807) is 0 Å². The molecular weight excluding hydrogens is 214 g/mol. The Morgan fingerprint density at radius 3 is 2.71 bits per heavy atom. The van der Waals surface area contributed by atoms with Crippen LogP contribution in [0.5, 0.6) is 5.75 Å². The van der Waals surface area contributed by atoms with Gasteiger partial charge in [0.1, 0.15) is 5.75 Å². The summed E-state index contributed by atoms with van der Waals surface area (Å²) in [7, 11) is 0. The predicted molar refractivity (Wildman–Crippen MR) is 67.8 cm³/mol. The Morgan fingerprint density at radius 1 is 1.41 bits per heavy atom. The van der Waals surface area contributed by atoms with Crippen molar-refractivity contribution in [1.82, 2.24) is 5.32 Å². The first-order chi connectivity index (χ1) is 8.26. The van der Waals surface area contributed by atoms with E-state index in [1.165, 1.54) is 0 Å². The summed E-state index contributed by atoms with van der Waals surface area (Å²) in [5.74, 6) is 3.21. The third-order valence-electron chi connectivity index (χ3n) is 2.26. The molecule has 0 atom stereocenters. The zero-order valence-corrected chi connectivity index (χ0v) is 10.0. The lowest BCUT2D eigenvalue weighted by Gasteiger charge is -2.05. The van der Waals surface area contributed by atoms with Crippen molar-refractivity contribution in [3.05, 3.63) is 29.8 Å². The fraction of sp³-hybridized carbons (Fsp3) is 0.357. The molecule has 17 heavy (non-hydrogen) atoms. The van der Waals surface area contributed by atoms with E-state index in [-0.39, 0.29) is 5.91 Å². The monoisotopic (exact) mass is 231 g/mol. The van der Waals surface area contributed by atoms with Gasteiger partial charge in [-0.3, -0.25) is 4.79 Å². The highest BCUT2D eigenvalue weighted by Crippen LogP contribution is 2.13. The topological polar surface area (TPSA) is 38.3 Å². The molecule has 1 rings (SSSR count). The Balaban J connectivity index is 2.37. The summed E-state index contributed by atoms with van der Waals surface area (Å²) in [6.45, 7) is 2.90. The van der Waals surface area contributed by atoms with Gasteiger partial charge in [0.25, 0.3) is 0 Å². The minimum absolute atomic E-state index is 0.0168. The quantitative estimate of drug-likeness (QED) is 0.758. The van der Waals surface area contributed by atoms with Crippen LogP contribution < -0.4 is 10.1 Å². The van der Waals surface area contributed by atoms with E-state index in [4.69, 9.17) is 11.2 Å². The second-order valence-corrected chi connectivity index (χ2v) is 3.56. The van der Waals surface area contributed by atoms with Gasteiger partial charge in [0, 0.05) is 6.42 Å². The SMILES string of the molecule is C#CCNC(=O)CCc1ccc(OCC)cc1. The molecule has 0 radical (unpaired) electrons. The first kappa shape index (κ1) is 13.1. The predicted octanol–water partition coefficient (Wildman–Crippen LogP) is 1.77. The number of amides is 1. The van der Waals surface area contributed by atoms with Gasteiger partial charge in [-0.1, -0.05) is 18.1 Å². The first-order valence-electron chi connectivity index (χ1n) is 5.68. The summed E-state index contributed by atoms with van der Waals surface area (Å²) in [5.41, 5.74) is 1.12. The van der Waals surface area contributed by atoms with Gasteiger partial charge in [-0.2, -0.15) is 0 Å². The summed E-state index contributed by atoms with van der Waals surface area (Å²) in [6.07, 6.45) is 6.22. The fourth-order valence-corrected chi connectivity index (χ4v) is 1.41. The average molecular weight is 231 g/mol. The van der Waals surface area contributed by atoms with Crippen molar-refractivity contribution in [2.75, 3.05) is 13.2 Å². The van der Waals surface area contributed by atoms with Crippen molar-refractivity contribution in [2.45, 2.75) is 19.8 Å². The molecule has 0 bridgehead atoms. The van der Waals surface area contributed by atoms with Crippen LogP contribution in [0.15, 0.2) is 24.3 Å². The molecule has 0 saturated heterocycles. The highest BCUT2D eigenvalue weighted by molar-refractivity contribution is 5.76. The molecule has 0 aliphatic carbocycles. The average Bonchev–Trinajstić information content (AvgIpc) is 2.36. The Kier molecular flexibility index (Phi) is 5.67. The van der Waals surface area contributed by atoms with E-state index < -0.39 is 0 Å². The molecule has 0 aromatic heterocycles. The van der Waals surface area contributed by atoms with E-state index in [0.717, 1.165) is 11.3 Å². The van der Waals surface area contributed by atoms with Crippen LogP contribution in [0, 0.1) is 12.3 Å². The molecule has 0 unspecified atom stereocenters. The molecule has 0 spiro atoms. The number of ether oxygens (including phenoxy) is 1. The number of terminal acetylenes is 1. The zero-order chi connectivity index (χ0) is 12.5. The molecule has 90 valence electrons. The molecule has 1 aromatic rings. The lowest BCUT2D eigenvalue weighted by Crippen LogP contribution is -2.23. The molecular formula is C14H17NO2. The number of hydrogen-bond acceptors (Lipinski definition) is 2. The molecule has 0 aliphatic heterocycles. The molecule has 0 saturated carbocycles. The minimum atomic E-state index is -0.0168. The summed E-state index contributed by atoms with van der Waals surface area (Å²) in [6, 6.07) is 7.77. The van der Waals surface area contributed by atoms with Gasteiger partial charge in [-0.05, 0) is 31.0 Å². The number of benzene rings is 1. The number of carbonyl (C=O) groups excluding carboxylic acids is 1. The molecule has 1 N–H and O–H groups in total. The highest BCUT2D eigenvalue weighted by Gasteiger charge is 2.01. The zero-order valence-electron chi connectivity index (χ0n) is 10.0. The molecule has 1 aromatic carbocycles. The van der Waals surface area contributed by atoms with Crippen LogP contribution >= 0.6 is 0 Å². The van der Waals surface area contributed by atoms with Crippen LogP contribution in [0.1, 0.15) is 18.9 Å². The number of hydrogen-bond donors (Lipinski definition) is 1. The standard InChI is InChI=1S/C14H17NO2/c1-3-11-15-14(16)10-7-12-5-8-13(9-6-12)17-4-2/h1,5-6,8-9H,4,7,10-11H2,2H3,(H,15,16). The van der Waals surface area contributed by atoms with E-state index in [9.17, 15) is 4.79 Å². The summed E-state index contributed by atoms with van der Waals surface area (Å²) < 4.78 is 5.34. The smallest absolute Gasteiger partial charge is 0.221 e. The molecule has 0 fully saturated rings. The van der Waals surface area contributed by atoms with Gasteiger partial charge < -0.3 is 10.1 Å². The van der Waals surface area contributed by atoms with Crippen molar-refractivity contribution >= 4 is 5.91 Å². The van der Waals surface area contributed by atoms with Crippen LogP contribution in [0.25, 0.3) is 0 Å². The van der Waals surface area contributed by atoms with Crippen molar-refractivity contribution in [3.63, 3.8) is 0 Å². The van der Waals surface area contributed by atoms with Crippen molar-refractivity contribution in [3.8, 4) is 18.1 Å². The molecule has 3 nitrogen and oxygen atoms in total. The summed E-state index contributed by atoms with van der Waals surface area (Å²) in [5, 5.41) is 2.63.